The van der Waals surface area contributed by atoms with E-state index in [0.717, 1.165) is 5.56 Å². The van der Waals surface area contributed by atoms with Crippen LogP contribution in [-0.4, -0.2) is 33.8 Å². The highest BCUT2D eigenvalue weighted by atomic mass is 32.2. The van der Waals surface area contributed by atoms with Gasteiger partial charge in [0.25, 0.3) is 15.9 Å². The second kappa shape index (κ2) is 7.88. The third kappa shape index (κ3) is 3.89. The Bertz CT molecular complexity index is 1270. The van der Waals surface area contributed by atoms with Gasteiger partial charge in [0.2, 0.25) is 5.91 Å². The number of hydrogen-bond donors (Lipinski definition) is 1. The minimum absolute atomic E-state index is 0.00355. The molecule has 3 aromatic carbocycles. The van der Waals surface area contributed by atoms with E-state index in [4.69, 9.17) is 0 Å². The van der Waals surface area contributed by atoms with Gasteiger partial charge in [0.1, 0.15) is 6.54 Å². The molecule has 0 aliphatic carbocycles. The molecule has 7 nitrogen and oxygen atoms in total. The highest BCUT2D eigenvalue weighted by Gasteiger charge is 2.29. The summed E-state index contributed by atoms with van der Waals surface area (Å²) in [4.78, 5) is 26.6. The van der Waals surface area contributed by atoms with Gasteiger partial charge in [0.05, 0.1) is 22.0 Å². The van der Waals surface area contributed by atoms with Gasteiger partial charge in [-0.05, 0) is 49.4 Å². The summed E-state index contributed by atoms with van der Waals surface area (Å²) >= 11 is 0. The molecule has 3 aromatic rings. The molecule has 0 spiro atoms. The Balaban J connectivity index is 1.68. The molecule has 2 amide bonds. The second-order valence-electron chi connectivity index (χ2n) is 7.29. The minimum atomic E-state index is -3.88. The van der Waals surface area contributed by atoms with Gasteiger partial charge in [0.15, 0.2) is 0 Å². The average molecular weight is 436 g/mol. The number of fused-ring (bicyclic) bond motifs is 1. The van der Waals surface area contributed by atoms with Gasteiger partial charge in [0, 0.05) is 12.6 Å². The van der Waals surface area contributed by atoms with Crippen LogP contribution in [0.5, 0.6) is 0 Å². The maximum atomic E-state index is 13.2. The molecule has 8 heteroatoms. The molecule has 0 aromatic heterocycles. The van der Waals surface area contributed by atoms with Gasteiger partial charge in [-0.2, -0.15) is 0 Å². The van der Waals surface area contributed by atoms with Crippen LogP contribution in [0.25, 0.3) is 0 Å². The van der Waals surface area contributed by atoms with Gasteiger partial charge in [-0.1, -0.05) is 35.9 Å². The van der Waals surface area contributed by atoms with Crippen LogP contribution >= 0.6 is 0 Å². The molecule has 158 valence electrons. The normalized spacial score (nSPS) is 13.4. The summed E-state index contributed by atoms with van der Waals surface area (Å²) in [6, 6.07) is 20.0. The molecular weight excluding hydrogens is 414 g/mol. The molecule has 31 heavy (non-hydrogen) atoms. The number of amides is 2. The van der Waals surface area contributed by atoms with Crippen molar-refractivity contribution in [1.29, 1.82) is 0 Å². The zero-order valence-electron chi connectivity index (χ0n) is 17.1. The Hall–Kier alpha value is -3.65. The zero-order chi connectivity index (χ0) is 22.2. The van der Waals surface area contributed by atoms with Crippen LogP contribution in [0.2, 0.25) is 0 Å². The fourth-order valence-electron chi connectivity index (χ4n) is 3.41. The lowest BCUT2D eigenvalue weighted by atomic mass is 10.1. The first-order valence-corrected chi connectivity index (χ1v) is 11.1. The Labute approximate surface area is 181 Å². The van der Waals surface area contributed by atoms with E-state index >= 15 is 0 Å². The molecule has 0 saturated carbocycles. The number of aryl methyl sites for hydroxylation is 1. The van der Waals surface area contributed by atoms with E-state index in [0.29, 0.717) is 17.1 Å². The lowest BCUT2D eigenvalue weighted by molar-refractivity contribution is -0.115. The predicted molar refractivity (Wildman–Crippen MR) is 120 cm³/mol. The third-order valence-corrected chi connectivity index (χ3v) is 6.93. The van der Waals surface area contributed by atoms with E-state index in [1.54, 1.807) is 42.5 Å². The second-order valence-corrected chi connectivity index (χ2v) is 9.26. The van der Waals surface area contributed by atoms with Crippen LogP contribution in [0.3, 0.4) is 0 Å². The molecular formula is C23H21N3O4S. The first kappa shape index (κ1) is 20.6. The highest BCUT2D eigenvalue weighted by Crippen LogP contribution is 2.30. The number of nitrogens with one attached hydrogen (secondary N) is 1. The summed E-state index contributed by atoms with van der Waals surface area (Å²) < 4.78 is 27.5. The monoisotopic (exact) mass is 435 g/mol. The van der Waals surface area contributed by atoms with Crippen LogP contribution in [0.4, 0.5) is 17.1 Å². The van der Waals surface area contributed by atoms with E-state index in [9.17, 15) is 18.0 Å². The fourth-order valence-corrected chi connectivity index (χ4v) is 4.65. The van der Waals surface area contributed by atoms with E-state index in [1.807, 2.05) is 19.1 Å². The molecule has 1 heterocycles. The van der Waals surface area contributed by atoms with Crippen molar-refractivity contribution in [3.05, 3.63) is 83.9 Å². The van der Waals surface area contributed by atoms with E-state index in [2.05, 4.69) is 5.32 Å². The highest BCUT2D eigenvalue weighted by molar-refractivity contribution is 7.92. The summed E-state index contributed by atoms with van der Waals surface area (Å²) in [6.07, 6.45) is 0. The molecule has 0 fully saturated rings. The number of anilines is 3. The van der Waals surface area contributed by atoms with Crippen molar-refractivity contribution in [3.63, 3.8) is 0 Å². The Kier molecular flexibility index (Phi) is 5.24. The summed E-state index contributed by atoms with van der Waals surface area (Å²) in [5.41, 5.74) is 2.83. The number of nitrogens with zero attached hydrogens (tertiary/aromatic N) is 2. The van der Waals surface area contributed by atoms with Gasteiger partial charge in [-0.25, -0.2) is 8.42 Å². The zero-order valence-corrected chi connectivity index (χ0v) is 17.9. The van der Waals surface area contributed by atoms with Gasteiger partial charge in [-0.15, -0.1) is 0 Å². The summed E-state index contributed by atoms with van der Waals surface area (Å²) in [7, 11) is -2.41. The van der Waals surface area contributed by atoms with Crippen molar-refractivity contribution in [1.82, 2.24) is 0 Å². The number of hydrogen-bond acceptors (Lipinski definition) is 4. The number of sulfonamides is 1. The third-order valence-electron chi connectivity index (χ3n) is 5.15. The lowest BCUT2D eigenvalue weighted by Gasteiger charge is -2.29. The summed E-state index contributed by atoms with van der Waals surface area (Å²) in [5, 5.41) is 2.73. The predicted octanol–water partition coefficient (Wildman–Crippen LogP) is 3.42. The largest absolute Gasteiger partial charge is 0.323 e. The average Bonchev–Trinajstić information content (AvgIpc) is 2.78. The Morgan fingerprint density at radius 2 is 1.71 bits per heavy atom. The number of para-hydroxylation sites is 2. The lowest BCUT2D eigenvalue weighted by Crippen LogP contribution is -2.42. The van der Waals surface area contributed by atoms with Crippen molar-refractivity contribution in [2.45, 2.75) is 11.8 Å². The molecule has 0 radical (unpaired) electrons. The first-order valence-electron chi connectivity index (χ1n) is 9.64. The number of benzene rings is 3. The van der Waals surface area contributed by atoms with Gasteiger partial charge in [-0.3, -0.25) is 18.8 Å². The van der Waals surface area contributed by atoms with Crippen LogP contribution in [0.15, 0.2) is 77.7 Å². The standard InChI is InChI=1S/C23H21N3O4S/c1-16-10-12-18(13-11-16)25(2)31(29,30)19-7-5-6-17(14-19)23(28)26-15-22(27)24-20-8-3-4-9-21(20)26/h3-14H,15H2,1-2H3,(H,24,27). The van der Waals surface area contributed by atoms with Crippen molar-refractivity contribution < 1.29 is 18.0 Å². The molecule has 1 aliphatic rings. The fraction of sp³-hybridized carbons (Fsp3) is 0.130. The maximum absolute atomic E-state index is 13.2. The van der Waals surface area contributed by atoms with Crippen molar-refractivity contribution in [2.75, 3.05) is 28.1 Å². The van der Waals surface area contributed by atoms with Crippen LogP contribution in [0.1, 0.15) is 15.9 Å². The molecule has 0 saturated heterocycles. The number of carbonyl (C=O) groups is 2. The van der Waals surface area contributed by atoms with E-state index < -0.39 is 15.9 Å². The number of rotatable bonds is 4. The van der Waals surface area contributed by atoms with Crippen LogP contribution in [-0.2, 0) is 14.8 Å². The van der Waals surface area contributed by atoms with Crippen molar-refractivity contribution in [3.8, 4) is 0 Å². The van der Waals surface area contributed by atoms with Gasteiger partial charge < -0.3 is 5.32 Å². The van der Waals surface area contributed by atoms with E-state index in [1.165, 1.54) is 34.5 Å². The molecule has 4 rings (SSSR count). The van der Waals surface area contributed by atoms with Crippen molar-refractivity contribution >= 4 is 38.9 Å². The molecule has 0 bridgehead atoms. The quantitative estimate of drug-likeness (QED) is 0.680. The Morgan fingerprint density at radius 1 is 1.00 bits per heavy atom. The SMILES string of the molecule is Cc1ccc(N(C)S(=O)(=O)c2cccc(C(=O)N3CC(=O)Nc4ccccc43)c2)cc1. The molecule has 0 atom stereocenters. The van der Waals surface area contributed by atoms with Crippen LogP contribution < -0.4 is 14.5 Å². The molecule has 1 N–H and O–H groups in total. The summed E-state index contributed by atoms with van der Waals surface area (Å²) in [5.74, 6) is -0.757. The first-order chi connectivity index (χ1) is 14.8. The van der Waals surface area contributed by atoms with E-state index in [-0.39, 0.29) is 22.9 Å². The molecule has 0 unspecified atom stereocenters. The summed E-state index contributed by atoms with van der Waals surface area (Å²) in [6.45, 7) is 1.78. The topological polar surface area (TPSA) is 86.8 Å². The Morgan fingerprint density at radius 3 is 2.45 bits per heavy atom. The van der Waals surface area contributed by atoms with Crippen LogP contribution in [0, 0.1) is 6.92 Å². The van der Waals surface area contributed by atoms with Gasteiger partial charge >= 0.3 is 0 Å². The molecule has 1 aliphatic heterocycles. The van der Waals surface area contributed by atoms with Crippen molar-refractivity contribution in [2.24, 2.45) is 0 Å². The number of carbonyl (C=O) groups excluding carboxylic acids is 2. The smallest absolute Gasteiger partial charge is 0.264 e. The maximum Gasteiger partial charge on any atom is 0.264 e. The minimum Gasteiger partial charge on any atom is -0.323 e.